The molecule has 2 atom stereocenters. The van der Waals surface area contributed by atoms with Crippen LogP contribution in [0.3, 0.4) is 0 Å². The molecule has 1 aromatic rings. The van der Waals surface area contributed by atoms with Gasteiger partial charge in [0.15, 0.2) is 0 Å². The van der Waals surface area contributed by atoms with E-state index >= 15 is 0 Å². The molecule has 2 unspecified atom stereocenters. The summed E-state index contributed by atoms with van der Waals surface area (Å²) in [6.07, 6.45) is 4.42. The van der Waals surface area contributed by atoms with Crippen molar-refractivity contribution in [2.45, 2.75) is 45.6 Å². The fourth-order valence-corrected chi connectivity index (χ4v) is 3.33. The molecule has 0 amide bonds. The molecule has 0 aromatic heterocycles. The van der Waals surface area contributed by atoms with Crippen molar-refractivity contribution in [3.05, 3.63) is 29.8 Å². The van der Waals surface area contributed by atoms with Gasteiger partial charge in [-0.15, -0.1) is 0 Å². The van der Waals surface area contributed by atoms with Crippen LogP contribution >= 0.6 is 0 Å². The van der Waals surface area contributed by atoms with Crippen LogP contribution in [0.4, 0.5) is 5.69 Å². The van der Waals surface area contributed by atoms with Gasteiger partial charge in [0, 0.05) is 31.4 Å². The molecule has 0 aliphatic carbocycles. The minimum Gasteiger partial charge on any atom is -0.396 e. The highest BCUT2D eigenvalue weighted by atomic mass is 16.3. The zero-order valence-electron chi connectivity index (χ0n) is 13.5. The van der Waals surface area contributed by atoms with E-state index in [1.165, 1.54) is 24.1 Å². The summed E-state index contributed by atoms with van der Waals surface area (Å²) in [6.45, 7) is 8.05. The summed E-state index contributed by atoms with van der Waals surface area (Å²) in [7, 11) is 0. The SMILES string of the molecule is CCCNC(CC)c1ccccc1N1CCC(CCO)C1. The lowest BCUT2D eigenvalue weighted by Gasteiger charge is -2.26. The summed E-state index contributed by atoms with van der Waals surface area (Å²) < 4.78 is 0. The Kier molecular flexibility index (Phi) is 6.52. The second kappa shape index (κ2) is 8.40. The zero-order chi connectivity index (χ0) is 15.1. The van der Waals surface area contributed by atoms with E-state index < -0.39 is 0 Å². The van der Waals surface area contributed by atoms with Crippen molar-refractivity contribution in [3.63, 3.8) is 0 Å². The van der Waals surface area contributed by atoms with Crippen molar-refractivity contribution in [2.24, 2.45) is 5.92 Å². The Hall–Kier alpha value is -1.06. The summed E-state index contributed by atoms with van der Waals surface area (Å²) in [5, 5.41) is 12.8. The molecule has 1 heterocycles. The average molecular weight is 290 g/mol. The molecule has 0 radical (unpaired) electrons. The van der Waals surface area contributed by atoms with E-state index in [-0.39, 0.29) is 0 Å². The standard InChI is InChI=1S/C18H30N2O/c1-3-11-19-17(4-2)16-7-5-6-8-18(16)20-12-9-15(14-20)10-13-21/h5-8,15,17,19,21H,3-4,9-14H2,1-2H3. The lowest BCUT2D eigenvalue weighted by Crippen LogP contribution is -2.26. The highest BCUT2D eigenvalue weighted by molar-refractivity contribution is 5.55. The number of hydrogen-bond acceptors (Lipinski definition) is 3. The maximum atomic E-state index is 9.13. The first-order chi connectivity index (χ1) is 10.3. The molecule has 1 saturated heterocycles. The number of benzene rings is 1. The van der Waals surface area contributed by atoms with E-state index in [0.717, 1.165) is 32.5 Å². The summed E-state index contributed by atoms with van der Waals surface area (Å²) in [6, 6.07) is 9.26. The van der Waals surface area contributed by atoms with Crippen molar-refractivity contribution in [1.29, 1.82) is 0 Å². The Bertz CT molecular complexity index is 421. The molecule has 0 bridgehead atoms. The molecule has 1 fully saturated rings. The zero-order valence-corrected chi connectivity index (χ0v) is 13.5. The van der Waals surface area contributed by atoms with Crippen LogP contribution in [0, 0.1) is 5.92 Å². The number of anilines is 1. The second-order valence-corrected chi connectivity index (χ2v) is 6.09. The fourth-order valence-electron chi connectivity index (χ4n) is 3.33. The predicted octanol–water partition coefficient (Wildman–Crippen LogP) is 3.35. The van der Waals surface area contributed by atoms with E-state index in [9.17, 15) is 0 Å². The van der Waals surface area contributed by atoms with Gasteiger partial charge in [-0.2, -0.15) is 0 Å². The molecule has 3 heteroatoms. The predicted molar refractivity (Wildman–Crippen MR) is 89.8 cm³/mol. The van der Waals surface area contributed by atoms with E-state index in [1.807, 2.05) is 0 Å². The number of hydrogen-bond donors (Lipinski definition) is 2. The third kappa shape index (κ3) is 4.21. The third-order valence-electron chi connectivity index (χ3n) is 4.53. The minimum atomic E-state index is 0.315. The van der Waals surface area contributed by atoms with Gasteiger partial charge < -0.3 is 15.3 Å². The molecule has 2 N–H and O–H groups in total. The van der Waals surface area contributed by atoms with Crippen molar-refractivity contribution in [1.82, 2.24) is 5.32 Å². The number of rotatable bonds is 8. The van der Waals surface area contributed by atoms with Crippen LogP contribution < -0.4 is 10.2 Å². The lowest BCUT2D eigenvalue weighted by molar-refractivity contribution is 0.263. The Morgan fingerprint density at radius 2 is 2.14 bits per heavy atom. The highest BCUT2D eigenvalue weighted by Gasteiger charge is 2.25. The van der Waals surface area contributed by atoms with Gasteiger partial charge in [-0.05, 0) is 49.8 Å². The Balaban J connectivity index is 2.13. The van der Waals surface area contributed by atoms with Gasteiger partial charge in [0.25, 0.3) is 0 Å². The van der Waals surface area contributed by atoms with Crippen LogP contribution in [0.25, 0.3) is 0 Å². The van der Waals surface area contributed by atoms with Crippen molar-refractivity contribution >= 4 is 5.69 Å². The highest BCUT2D eigenvalue weighted by Crippen LogP contribution is 2.32. The molecule has 0 saturated carbocycles. The normalized spacial score (nSPS) is 20.0. The lowest BCUT2D eigenvalue weighted by atomic mass is 10.0. The van der Waals surface area contributed by atoms with Crippen LogP contribution in [0.1, 0.15) is 51.1 Å². The smallest absolute Gasteiger partial charge is 0.0434 e. The van der Waals surface area contributed by atoms with E-state index in [1.54, 1.807) is 0 Å². The molecule has 3 nitrogen and oxygen atoms in total. The Morgan fingerprint density at radius 1 is 1.33 bits per heavy atom. The summed E-state index contributed by atoms with van der Waals surface area (Å²) in [4.78, 5) is 2.51. The maximum absolute atomic E-state index is 9.13. The van der Waals surface area contributed by atoms with Gasteiger partial charge in [0.2, 0.25) is 0 Å². The van der Waals surface area contributed by atoms with Gasteiger partial charge in [0.05, 0.1) is 0 Å². The second-order valence-electron chi connectivity index (χ2n) is 6.09. The monoisotopic (exact) mass is 290 g/mol. The number of nitrogens with zero attached hydrogens (tertiary/aromatic N) is 1. The van der Waals surface area contributed by atoms with E-state index in [4.69, 9.17) is 5.11 Å². The van der Waals surface area contributed by atoms with Crippen LogP contribution in [-0.2, 0) is 0 Å². The number of para-hydroxylation sites is 1. The molecule has 1 aromatic carbocycles. The van der Waals surface area contributed by atoms with Gasteiger partial charge >= 0.3 is 0 Å². The third-order valence-corrected chi connectivity index (χ3v) is 4.53. The fraction of sp³-hybridized carbons (Fsp3) is 0.667. The molecule has 118 valence electrons. The quantitative estimate of drug-likeness (QED) is 0.771. The largest absolute Gasteiger partial charge is 0.396 e. The minimum absolute atomic E-state index is 0.315. The van der Waals surface area contributed by atoms with Crippen molar-refractivity contribution in [3.8, 4) is 0 Å². The number of nitrogens with one attached hydrogen (secondary N) is 1. The maximum Gasteiger partial charge on any atom is 0.0434 e. The van der Waals surface area contributed by atoms with Gasteiger partial charge in [-0.3, -0.25) is 0 Å². The average Bonchev–Trinajstić information content (AvgIpc) is 2.97. The van der Waals surface area contributed by atoms with Gasteiger partial charge in [-0.25, -0.2) is 0 Å². The first kappa shape index (κ1) is 16.3. The van der Waals surface area contributed by atoms with E-state index in [2.05, 4.69) is 48.3 Å². The van der Waals surface area contributed by atoms with Crippen LogP contribution in [0.2, 0.25) is 0 Å². The van der Waals surface area contributed by atoms with Crippen LogP contribution in [0.5, 0.6) is 0 Å². The first-order valence-electron chi connectivity index (χ1n) is 8.48. The number of aliphatic hydroxyl groups excluding tert-OH is 1. The van der Waals surface area contributed by atoms with Gasteiger partial charge in [-0.1, -0.05) is 32.0 Å². The molecule has 21 heavy (non-hydrogen) atoms. The molecule has 2 rings (SSSR count). The summed E-state index contributed by atoms with van der Waals surface area (Å²) in [5.41, 5.74) is 2.81. The molecular formula is C18H30N2O. The first-order valence-corrected chi connectivity index (χ1v) is 8.48. The van der Waals surface area contributed by atoms with Crippen LogP contribution in [0.15, 0.2) is 24.3 Å². The molecule has 0 spiro atoms. The van der Waals surface area contributed by atoms with Crippen molar-refractivity contribution in [2.75, 3.05) is 31.1 Å². The summed E-state index contributed by atoms with van der Waals surface area (Å²) >= 11 is 0. The Labute approximate surface area is 129 Å². The number of aliphatic hydroxyl groups is 1. The molecule has 1 aliphatic rings. The Morgan fingerprint density at radius 3 is 2.86 bits per heavy atom. The van der Waals surface area contributed by atoms with E-state index in [0.29, 0.717) is 18.6 Å². The van der Waals surface area contributed by atoms with Gasteiger partial charge in [0.1, 0.15) is 0 Å². The molecule has 1 aliphatic heterocycles. The topological polar surface area (TPSA) is 35.5 Å². The summed E-state index contributed by atoms with van der Waals surface area (Å²) in [5.74, 6) is 0.645. The molecular weight excluding hydrogens is 260 g/mol. The van der Waals surface area contributed by atoms with Crippen molar-refractivity contribution < 1.29 is 5.11 Å². The van der Waals surface area contributed by atoms with Crippen LogP contribution in [-0.4, -0.2) is 31.3 Å².